The minimum Gasteiger partial charge on any atom is -0.298 e. The number of hydrogen-bond donors (Lipinski definition) is 1. The lowest BCUT2D eigenvalue weighted by Crippen LogP contribution is -1.88. The highest BCUT2D eigenvalue weighted by molar-refractivity contribution is 5.84. The minimum absolute atomic E-state index is 0.531. The standard InChI is InChI=1S/C10H9N3O/c1-7-2-3-11-9(4-7)10-8(6-14)5-12-13-10/h2-6H,1H3,(H,12,13). The van der Waals surface area contributed by atoms with Crippen LogP contribution in [0.1, 0.15) is 15.9 Å². The van der Waals surface area contributed by atoms with Crippen LogP contribution in [0.2, 0.25) is 0 Å². The van der Waals surface area contributed by atoms with Gasteiger partial charge in [0.05, 0.1) is 23.1 Å². The fourth-order valence-corrected chi connectivity index (χ4v) is 1.26. The molecular formula is C10H9N3O. The Labute approximate surface area is 81.0 Å². The second-order valence-electron chi connectivity index (χ2n) is 3.04. The Morgan fingerprint density at radius 2 is 2.36 bits per heavy atom. The highest BCUT2D eigenvalue weighted by Gasteiger charge is 2.07. The van der Waals surface area contributed by atoms with Crippen LogP contribution in [0.15, 0.2) is 24.5 Å². The highest BCUT2D eigenvalue weighted by Crippen LogP contribution is 2.17. The molecule has 70 valence electrons. The molecule has 0 spiro atoms. The Hall–Kier alpha value is -1.97. The van der Waals surface area contributed by atoms with E-state index in [-0.39, 0.29) is 0 Å². The summed E-state index contributed by atoms with van der Waals surface area (Å²) < 4.78 is 0. The van der Waals surface area contributed by atoms with Gasteiger partial charge in [-0.3, -0.25) is 14.9 Å². The van der Waals surface area contributed by atoms with Crippen LogP contribution in [0.5, 0.6) is 0 Å². The molecule has 0 saturated heterocycles. The fraction of sp³-hybridized carbons (Fsp3) is 0.100. The maximum absolute atomic E-state index is 10.7. The number of carbonyl (C=O) groups is 1. The highest BCUT2D eigenvalue weighted by atomic mass is 16.1. The Kier molecular flexibility index (Phi) is 2.10. The second-order valence-corrected chi connectivity index (χ2v) is 3.04. The molecule has 0 aliphatic heterocycles. The minimum atomic E-state index is 0.531. The number of hydrogen-bond acceptors (Lipinski definition) is 3. The third kappa shape index (κ3) is 1.42. The van der Waals surface area contributed by atoms with Crippen LogP contribution in [0.4, 0.5) is 0 Å². The van der Waals surface area contributed by atoms with Crippen molar-refractivity contribution in [2.75, 3.05) is 0 Å². The molecule has 0 radical (unpaired) electrons. The summed E-state index contributed by atoms with van der Waals surface area (Å²) in [6.45, 7) is 1.97. The van der Waals surface area contributed by atoms with Crippen LogP contribution in [0.25, 0.3) is 11.4 Å². The molecule has 4 nitrogen and oxygen atoms in total. The summed E-state index contributed by atoms with van der Waals surface area (Å²) in [7, 11) is 0. The van der Waals surface area contributed by atoms with Gasteiger partial charge in [0.15, 0.2) is 6.29 Å². The molecule has 0 amide bonds. The molecule has 0 aromatic carbocycles. The zero-order valence-corrected chi connectivity index (χ0v) is 7.69. The summed E-state index contributed by atoms with van der Waals surface area (Å²) >= 11 is 0. The van der Waals surface area contributed by atoms with Crippen LogP contribution >= 0.6 is 0 Å². The van der Waals surface area contributed by atoms with Gasteiger partial charge in [0.1, 0.15) is 0 Å². The van der Waals surface area contributed by atoms with Crippen molar-refractivity contribution in [3.8, 4) is 11.4 Å². The van der Waals surface area contributed by atoms with E-state index in [0.717, 1.165) is 17.5 Å². The van der Waals surface area contributed by atoms with Gasteiger partial charge in [0, 0.05) is 6.20 Å². The number of aromatic amines is 1. The molecule has 0 atom stereocenters. The predicted octanol–water partition coefficient (Wildman–Crippen LogP) is 1.59. The van der Waals surface area contributed by atoms with Gasteiger partial charge < -0.3 is 0 Å². The number of aryl methyl sites for hydroxylation is 1. The Balaban J connectivity index is 2.54. The van der Waals surface area contributed by atoms with Gasteiger partial charge in [-0.25, -0.2) is 0 Å². The Bertz CT molecular complexity index is 462. The van der Waals surface area contributed by atoms with Crippen molar-refractivity contribution in [2.45, 2.75) is 6.92 Å². The van der Waals surface area contributed by atoms with E-state index < -0.39 is 0 Å². The van der Waals surface area contributed by atoms with E-state index in [1.807, 2.05) is 19.1 Å². The lowest BCUT2D eigenvalue weighted by molar-refractivity contribution is 0.112. The van der Waals surface area contributed by atoms with Crippen LogP contribution < -0.4 is 0 Å². The van der Waals surface area contributed by atoms with Crippen molar-refractivity contribution >= 4 is 6.29 Å². The smallest absolute Gasteiger partial charge is 0.153 e. The Morgan fingerprint density at radius 3 is 3.07 bits per heavy atom. The predicted molar refractivity (Wildman–Crippen MR) is 51.9 cm³/mol. The molecule has 2 rings (SSSR count). The lowest BCUT2D eigenvalue weighted by atomic mass is 10.1. The van der Waals surface area contributed by atoms with Gasteiger partial charge in [0.25, 0.3) is 0 Å². The van der Waals surface area contributed by atoms with E-state index in [1.54, 1.807) is 6.20 Å². The van der Waals surface area contributed by atoms with Gasteiger partial charge in [0.2, 0.25) is 0 Å². The van der Waals surface area contributed by atoms with E-state index in [0.29, 0.717) is 11.3 Å². The third-order valence-corrected chi connectivity index (χ3v) is 1.97. The largest absolute Gasteiger partial charge is 0.298 e. The molecular weight excluding hydrogens is 178 g/mol. The molecule has 2 aromatic heterocycles. The summed E-state index contributed by atoms with van der Waals surface area (Å²) in [6.07, 6.45) is 3.97. The van der Waals surface area contributed by atoms with Crippen molar-refractivity contribution in [3.05, 3.63) is 35.7 Å². The molecule has 1 N–H and O–H groups in total. The lowest BCUT2D eigenvalue weighted by Gasteiger charge is -1.98. The summed E-state index contributed by atoms with van der Waals surface area (Å²) in [4.78, 5) is 14.8. The number of aldehydes is 1. The van der Waals surface area contributed by atoms with Crippen LogP contribution in [0.3, 0.4) is 0 Å². The molecule has 0 aliphatic rings. The van der Waals surface area contributed by atoms with E-state index in [2.05, 4.69) is 15.2 Å². The first-order valence-electron chi connectivity index (χ1n) is 4.23. The maximum atomic E-state index is 10.7. The number of pyridine rings is 1. The van der Waals surface area contributed by atoms with E-state index in [4.69, 9.17) is 0 Å². The molecule has 14 heavy (non-hydrogen) atoms. The summed E-state index contributed by atoms with van der Waals surface area (Å²) in [5.74, 6) is 0. The molecule has 0 saturated carbocycles. The van der Waals surface area contributed by atoms with Gasteiger partial charge in [-0.15, -0.1) is 0 Å². The van der Waals surface area contributed by atoms with Crippen molar-refractivity contribution < 1.29 is 4.79 Å². The molecule has 4 heteroatoms. The number of H-pyrrole nitrogens is 1. The number of nitrogens with zero attached hydrogens (tertiary/aromatic N) is 2. The first kappa shape index (κ1) is 8.62. The van der Waals surface area contributed by atoms with E-state index in [9.17, 15) is 4.79 Å². The van der Waals surface area contributed by atoms with Gasteiger partial charge in [-0.2, -0.15) is 5.10 Å². The van der Waals surface area contributed by atoms with Crippen molar-refractivity contribution in [2.24, 2.45) is 0 Å². The molecule has 2 aromatic rings. The number of rotatable bonds is 2. The van der Waals surface area contributed by atoms with Crippen molar-refractivity contribution in [3.63, 3.8) is 0 Å². The maximum Gasteiger partial charge on any atom is 0.153 e. The zero-order valence-electron chi connectivity index (χ0n) is 7.69. The first-order valence-corrected chi connectivity index (χ1v) is 4.23. The van der Waals surface area contributed by atoms with Gasteiger partial charge >= 0.3 is 0 Å². The van der Waals surface area contributed by atoms with Crippen molar-refractivity contribution in [1.29, 1.82) is 0 Å². The monoisotopic (exact) mass is 187 g/mol. The summed E-state index contributed by atoms with van der Waals surface area (Å²) in [5.41, 5.74) is 3.04. The number of aromatic nitrogens is 3. The molecule has 0 bridgehead atoms. The topological polar surface area (TPSA) is 58.6 Å². The number of nitrogens with one attached hydrogen (secondary N) is 1. The van der Waals surface area contributed by atoms with Crippen LogP contribution in [0, 0.1) is 6.92 Å². The molecule has 0 fully saturated rings. The Morgan fingerprint density at radius 1 is 1.50 bits per heavy atom. The number of carbonyl (C=O) groups excluding carboxylic acids is 1. The fourth-order valence-electron chi connectivity index (χ4n) is 1.26. The van der Waals surface area contributed by atoms with Crippen molar-refractivity contribution in [1.82, 2.24) is 15.2 Å². The summed E-state index contributed by atoms with van der Waals surface area (Å²) in [5, 5.41) is 6.56. The van der Waals surface area contributed by atoms with Gasteiger partial charge in [-0.05, 0) is 24.6 Å². The van der Waals surface area contributed by atoms with Crippen LogP contribution in [-0.2, 0) is 0 Å². The molecule has 0 aliphatic carbocycles. The summed E-state index contributed by atoms with van der Waals surface area (Å²) in [6, 6.07) is 3.81. The first-order chi connectivity index (χ1) is 6.81. The van der Waals surface area contributed by atoms with Gasteiger partial charge in [-0.1, -0.05) is 0 Å². The average Bonchev–Trinajstić information content (AvgIpc) is 2.65. The molecule has 0 unspecified atom stereocenters. The average molecular weight is 187 g/mol. The van der Waals surface area contributed by atoms with E-state index in [1.165, 1.54) is 6.20 Å². The SMILES string of the molecule is Cc1ccnc(-c2[nH]ncc2C=O)c1. The second kappa shape index (κ2) is 3.41. The van der Waals surface area contributed by atoms with Crippen LogP contribution in [-0.4, -0.2) is 21.5 Å². The third-order valence-electron chi connectivity index (χ3n) is 1.97. The zero-order chi connectivity index (χ0) is 9.97. The molecule has 2 heterocycles. The quantitative estimate of drug-likeness (QED) is 0.726. The van der Waals surface area contributed by atoms with E-state index >= 15 is 0 Å². The normalized spacial score (nSPS) is 10.1.